The zero-order valence-corrected chi connectivity index (χ0v) is 11.5. The molecule has 0 bridgehead atoms. The van der Waals surface area contributed by atoms with Gasteiger partial charge in [0.1, 0.15) is 0 Å². The highest BCUT2D eigenvalue weighted by Crippen LogP contribution is 2.21. The number of hydrogen-bond acceptors (Lipinski definition) is 0. The van der Waals surface area contributed by atoms with Crippen LogP contribution in [0, 0.1) is 17.3 Å². The second-order valence-electron chi connectivity index (χ2n) is 4.29. The molecule has 0 amide bonds. The van der Waals surface area contributed by atoms with Gasteiger partial charge in [-0.05, 0) is 43.2 Å². The summed E-state index contributed by atoms with van der Waals surface area (Å²) in [6.07, 6.45) is 2.42. The summed E-state index contributed by atoms with van der Waals surface area (Å²) in [6.45, 7) is 4.43. The van der Waals surface area contributed by atoms with Crippen molar-refractivity contribution >= 4 is 22.6 Å². The van der Waals surface area contributed by atoms with Gasteiger partial charge in [0, 0.05) is 11.0 Å². The average Bonchev–Trinajstić information content (AvgIpc) is 2.25. The summed E-state index contributed by atoms with van der Waals surface area (Å²) < 4.78 is 1.22. The van der Waals surface area contributed by atoms with Crippen molar-refractivity contribution in [3.8, 4) is 11.8 Å². The van der Waals surface area contributed by atoms with Crippen LogP contribution in [0.3, 0.4) is 0 Å². The quantitative estimate of drug-likeness (QED) is 0.444. The largest absolute Gasteiger partial charge is 0.0917 e. The van der Waals surface area contributed by atoms with Gasteiger partial charge >= 0.3 is 0 Å². The van der Waals surface area contributed by atoms with E-state index in [2.05, 4.69) is 60.4 Å². The first kappa shape index (κ1) is 12.6. The van der Waals surface area contributed by atoms with Gasteiger partial charge in [0.25, 0.3) is 0 Å². The SMILES string of the molecule is CC(C)(C#Cc1ccccc1)CCCI. The fourth-order valence-corrected chi connectivity index (χ4v) is 1.72. The van der Waals surface area contributed by atoms with Crippen LogP contribution in [0.5, 0.6) is 0 Å². The zero-order chi connectivity index (χ0) is 11.1. The minimum absolute atomic E-state index is 0.140. The molecule has 0 spiro atoms. The first-order chi connectivity index (χ1) is 7.14. The van der Waals surface area contributed by atoms with Crippen LogP contribution in [-0.4, -0.2) is 4.43 Å². The lowest BCUT2D eigenvalue weighted by Gasteiger charge is -2.16. The first-order valence-electron chi connectivity index (χ1n) is 5.28. The number of rotatable bonds is 3. The zero-order valence-electron chi connectivity index (χ0n) is 9.39. The maximum atomic E-state index is 3.36. The molecule has 0 aliphatic rings. The Morgan fingerprint density at radius 3 is 2.47 bits per heavy atom. The standard InChI is InChI=1S/C14H17I/c1-14(2,10-6-12-15)11-9-13-7-4-3-5-8-13/h3-5,7-8H,6,10,12H2,1-2H3. The van der Waals surface area contributed by atoms with Gasteiger partial charge in [-0.1, -0.05) is 52.6 Å². The van der Waals surface area contributed by atoms with Gasteiger partial charge < -0.3 is 0 Å². The Morgan fingerprint density at radius 2 is 1.87 bits per heavy atom. The first-order valence-corrected chi connectivity index (χ1v) is 6.81. The van der Waals surface area contributed by atoms with Crippen molar-refractivity contribution in [1.29, 1.82) is 0 Å². The normalized spacial score (nSPS) is 10.6. The molecule has 0 nitrogen and oxygen atoms in total. The number of benzene rings is 1. The van der Waals surface area contributed by atoms with Crippen molar-refractivity contribution < 1.29 is 0 Å². The van der Waals surface area contributed by atoms with Crippen LogP contribution in [-0.2, 0) is 0 Å². The third kappa shape index (κ3) is 5.22. The van der Waals surface area contributed by atoms with Crippen LogP contribution in [0.2, 0.25) is 0 Å². The van der Waals surface area contributed by atoms with Gasteiger partial charge in [0.15, 0.2) is 0 Å². The number of halogens is 1. The maximum Gasteiger partial charge on any atom is 0.0262 e. The molecular formula is C14H17I. The van der Waals surface area contributed by atoms with Crippen molar-refractivity contribution in [3.05, 3.63) is 35.9 Å². The molecular weight excluding hydrogens is 295 g/mol. The lowest BCUT2D eigenvalue weighted by molar-refractivity contribution is 0.455. The van der Waals surface area contributed by atoms with Crippen LogP contribution >= 0.6 is 22.6 Å². The Balaban J connectivity index is 2.64. The molecule has 0 fully saturated rings. The van der Waals surface area contributed by atoms with Gasteiger partial charge in [-0.25, -0.2) is 0 Å². The predicted molar refractivity (Wildman–Crippen MR) is 75.2 cm³/mol. The van der Waals surface area contributed by atoms with Crippen LogP contribution in [0.1, 0.15) is 32.3 Å². The molecule has 80 valence electrons. The van der Waals surface area contributed by atoms with Crippen molar-refractivity contribution in [1.82, 2.24) is 0 Å². The maximum absolute atomic E-state index is 3.36. The molecule has 1 rings (SSSR count). The molecule has 0 aliphatic carbocycles. The summed E-state index contributed by atoms with van der Waals surface area (Å²) in [6, 6.07) is 10.2. The summed E-state index contributed by atoms with van der Waals surface area (Å²) in [5, 5.41) is 0. The van der Waals surface area contributed by atoms with E-state index in [0.717, 1.165) is 5.56 Å². The minimum atomic E-state index is 0.140. The summed E-state index contributed by atoms with van der Waals surface area (Å²) in [7, 11) is 0. The minimum Gasteiger partial charge on any atom is -0.0917 e. The van der Waals surface area contributed by atoms with E-state index in [1.165, 1.54) is 17.3 Å². The van der Waals surface area contributed by atoms with Gasteiger partial charge in [0.05, 0.1) is 0 Å². The molecule has 0 aromatic heterocycles. The summed E-state index contributed by atoms with van der Waals surface area (Å²) in [5.41, 5.74) is 1.25. The Hall–Kier alpha value is -0.490. The van der Waals surface area contributed by atoms with Gasteiger partial charge in [-0.3, -0.25) is 0 Å². The van der Waals surface area contributed by atoms with E-state index >= 15 is 0 Å². The number of hydrogen-bond donors (Lipinski definition) is 0. The molecule has 0 saturated carbocycles. The molecule has 1 aromatic rings. The van der Waals surface area contributed by atoms with Gasteiger partial charge in [-0.2, -0.15) is 0 Å². The molecule has 0 heterocycles. The second-order valence-corrected chi connectivity index (χ2v) is 5.37. The molecule has 1 aromatic carbocycles. The molecule has 0 saturated heterocycles. The topological polar surface area (TPSA) is 0 Å². The third-order valence-corrected chi connectivity index (χ3v) is 3.02. The van der Waals surface area contributed by atoms with Crippen LogP contribution in [0.4, 0.5) is 0 Å². The van der Waals surface area contributed by atoms with Crippen molar-refractivity contribution in [2.24, 2.45) is 5.41 Å². The molecule has 1 heteroatoms. The Kier molecular flexibility index (Phi) is 5.17. The molecule has 0 N–H and O–H groups in total. The second kappa shape index (κ2) is 6.17. The fraction of sp³-hybridized carbons (Fsp3) is 0.429. The molecule has 0 unspecified atom stereocenters. The van der Waals surface area contributed by atoms with Crippen LogP contribution in [0.25, 0.3) is 0 Å². The Morgan fingerprint density at radius 1 is 1.20 bits per heavy atom. The van der Waals surface area contributed by atoms with Crippen LogP contribution in [0.15, 0.2) is 30.3 Å². The highest BCUT2D eigenvalue weighted by molar-refractivity contribution is 14.1. The summed E-state index contributed by atoms with van der Waals surface area (Å²) in [5.74, 6) is 6.60. The number of alkyl halides is 1. The Bertz CT molecular complexity index is 341. The van der Waals surface area contributed by atoms with Gasteiger partial charge in [0.2, 0.25) is 0 Å². The van der Waals surface area contributed by atoms with E-state index in [-0.39, 0.29) is 5.41 Å². The van der Waals surface area contributed by atoms with Crippen molar-refractivity contribution in [2.75, 3.05) is 4.43 Å². The fourth-order valence-electron chi connectivity index (χ4n) is 1.33. The van der Waals surface area contributed by atoms with E-state index in [4.69, 9.17) is 0 Å². The van der Waals surface area contributed by atoms with Gasteiger partial charge in [-0.15, -0.1) is 0 Å². The lowest BCUT2D eigenvalue weighted by Crippen LogP contribution is -2.07. The highest BCUT2D eigenvalue weighted by atomic mass is 127. The molecule has 0 radical (unpaired) electrons. The molecule has 15 heavy (non-hydrogen) atoms. The lowest BCUT2D eigenvalue weighted by atomic mass is 9.89. The van der Waals surface area contributed by atoms with Crippen molar-refractivity contribution in [2.45, 2.75) is 26.7 Å². The van der Waals surface area contributed by atoms with E-state index in [1.807, 2.05) is 18.2 Å². The molecule has 0 atom stereocenters. The average molecular weight is 312 g/mol. The summed E-state index contributed by atoms with van der Waals surface area (Å²) in [4.78, 5) is 0. The predicted octanol–water partition coefficient (Wildman–Crippen LogP) is 4.28. The van der Waals surface area contributed by atoms with E-state index < -0.39 is 0 Å². The summed E-state index contributed by atoms with van der Waals surface area (Å²) >= 11 is 2.42. The molecule has 0 aliphatic heterocycles. The van der Waals surface area contributed by atoms with E-state index in [0.29, 0.717) is 0 Å². The van der Waals surface area contributed by atoms with Crippen molar-refractivity contribution in [3.63, 3.8) is 0 Å². The van der Waals surface area contributed by atoms with Crippen LogP contribution < -0.4 is 0 Å². The van der Waals surface area contributed by atoms with E-state index in [1.54, 1.807) is 0 Å². The third-order valence-electron chi connectivity index (χ3n) is 2.25. The smallest absolute Gasteiger partial charge is 0.0262 e. The van der Waals surface area contributed by atoms with E-state index in [9.17, 15) is 0 Å². The Labute approximate surface area is 107 Å². The highest BCUT2D eigenvalue weighted by Gasteiger charge is 2.12. The monoisotopic (exact) mass is 312 g/mol.